The van der Waals surface area contributed by atoms with E-state index in [9.17, 15) is 18.0 Å². The predicted octanol–water partition coefficient (Wildman–Crippen LogP) is 3.15. The van der Waals surface area contributed by atoms with Crippen molar-refractivity contribution < 1.29 is 22.7 Å². The second-order valence-corrected chi connectivity index (χ2v) is 3.96. The van der Waals surface area contributed by atoms with Crippen LogP contribution in [0.2, 0.25) is 0 Å². The molecular weight excluding hydrogens is 271 g/mol. The number of hydrogen-bond donors (Lipinski definition) is 0. The molecule has 0 saturated carbocycles. The van der Waals surface area contributed by atoms with E-state index in [0.717, 1.165) is 7.11 Å². The highest BCUT2D eigenvalue weighted by atomic mass is 19.4. The van der Waals surface area contributed by atoms with Crippen LogP contribution in [-0.2, 0) is 9.53 Å². The van der Waals surface area contributed by atoms with Crippen molar-refractivity contribution in [1.82, 2.24) is 0 Å². The lowest BCUT2D eigenvalue weighted by Gasteiger charge is -2.11. The van der Waals surface area contributed by atoms with E-state index in [1.165, 1.54) is 19.1 Å². The number of rotatable bonds is 5. The third-order valence-electron chi connectivity index (χ3n) is 2.50. The topological polar surface area (TPSA) is 50.1 Å². The average molecular weight is 285 g/mol. The number of carbonyl (C=O) groups excluding carboxylic acids is 1. The quantitative estimate of drug-likeness (QED) is 0.337. The number of ether oxygens (including phenoxy) is 1. The molecule has 0 aromatic carbocycles. The van der Waals surface area contributed by atoms with Crippen LogP contribution in [0.25, 0.3) is 0 Å². The van der Waals surface area contributed by atoms with Gasteiger partial charge in [-0.2, -0.15) is 18.4 Å². The lowest BCUT2D eigenvalue weighted by Crippen LogP contribution is -2.11. The third-order valence-corrected chi connectivity index (χ3v) is 2.50. The number of hydrogen-bond acceptors (Lipinski definition) is 3. The SMILES string of the molecule is C#C/C(=C\C=C(/C)C(C#N)CCC(F)(F)F)C(=O)OC. The fraction of sp³-hybridized carbons (Fsp3) is 0.429. The van der Waals surface area contributed by atoms with Crippen LogP contribution < -0.4 is 0 Å². The summed E-state index contributed by atoms with van der Waals surface area (Å²) in [5.74, 6) is 0.494. The number of methoxy groups -OCH3 is 1. The van der Waals surface area contributed by atoms with Gasteiger partial charge in [-0.1, -0.05) is 17.6 Å². The summed E-state index contributed by atoms with van der Waals surface area (Å²) in [5, 5.41) is 8.86. The summed E-state index contributed by atoms with van der Waals surface area (Å²) in [4.78, 5) is 11.2. The van der Waals surface area contributed by atoms with Crippen LogP contribution in [0.15, 0.2) is 23.3 Å². The van der Waals surface area contributed by atoms with Crippen LogP contribution in [0.3, 0.4) is 0 Å². The Bertz CT molecular complexity index is 490. The molecule has 3 nitrogen and oxygen atoms in total. The summed E-state index contributed by atoms with van der Waals surface area (Å²) in [6.45, 7) is 1.51. The number of esters is 1. The molecule has 20 heavy (non-hydrogen) atoms. The van der Waals surface area contributed by atoms with E-state index < -0.39 is 24.5 Å². The molecule has 0 spiro atoms. The Morgan fingerprint density at radius 2 is 2.05 bits per heavy atom. The van der Waals surface area contributed by atoms with Gasteiger partial charge < -0.3 is 4.74 Å². The Labute approximate surface area is 115 Å². The average Bonchev–Trinajstić information content (AvgIpc) is 2.38. The molecule has 0 aromatic heterocycles. The van der Waals surface area contributed by atoms with E-state index >= 15 is 0 Å². The third kappa shape index (κ3) is 6.65. The Hall–Kier alpha value is -2.21. The largest absolute Gasteiger partial charge is 0.465 e. The molecule has 0 amide bonds. The summed E-state index contributed by atoms with van der Waals surface area (Å²) in [7, 11) is 1.16. The highest BCUT2D eigenvalue weighted by molar-refractivity contribution is 5.93. The minimum atomic E-state index is -4.30. The molecule has 0 heterocycles. The van der Waals surface area contributed by atoms with Crippen LogP contribution in [-0.4, -0.2) is 19.3 Å². The summed E-state index contributed by atoms with van der Waals surface area (Å²) in [6.07, 6.45) is 2.02. The number of nitrogens with zero attached hydrogens (tertiary/aromatic N) is 1. The van der Waals surface area contributed by atoms with Gasteiger partial charge in [0, 0.05) is 6.42 Å². The fourth-order valence-corrected chi connectivity index (χ4v) is 1.32. The second kappa shape index (κ2) is 8.06. The van der Waals surface area contributed by atoms with E-state index in [1.807, 2.05) is 0 Å². The van der Waals surface area contributed by atoms with Crippen molar-refractivity contribution in [3.63, 3.8) is 0 Å². The molecule has 0 aliphatic carbocycles. The molecule has 0 fully saturated rings. The van der Waals surface area contributed by atoms with Gasteiger partial charge in [-0.15, -0.1) is 6.42 Å². The Morgan fingerprint density at radius 3 is 2.45 bits per heavy atom. The second-order valence-electron chi connectivity index (χ2n) is 3.96. The molecule has 0 aromatic rings. The van der Waals surface area contributed by atoms with Crippen molar-refractivity contribution in [2.24, 2.45) is 5.92 Å². The van der Waals surface area contributed by atoms with Gasteiger partial charge in [0.05, 0.1) is 19.1 Å². The molecule has 108 valence electrons. The molecule has 0 bridgehead atoms. The summed E-state index contributed by atoms with van der Waals surface area (Å²) in [6, 6.07) is 1.79. The minimum Gasteiger partial charge on any atom is -0.465 e. The smallest absolute Gasteiger partial charge is 0.389 e. The van der Waals surface area contributed by atoms with Crippen molar-refractivity contribution in [2.75, 3.05) is 7.11 Å². The zero-order valence-electron chi connectivity index (χ0n) is 11.1. The highest BCUT2D eigenvalue weighted by Gasteiger charge is 2.28. The van der Waals surface area contributed by atoms with E-state index in [2.05, 4.69) is 10.7 Å². The van der Waals surface area contributed by atoms with Crippen LogP contribution in [0, 0.1) is 29.6 Å². The van der Waals surface area contributed by atoms with Crippen molar-refractivity contribution in [2.45, 2.75) is 25.9 Å². The number of alkyl halides is 3. The van der Waals surface area contributed by atoms with Crippen molar-refractivity contribution in [3.05, 3.63) is 23.3 Å². The molecule has 1 unspecified atom stereocenters. The minimum absolute atomic E-state index is 0.0700. The lowest BCUT2D eigenvalue weighted by atomic mass is 9.96. The monoisotopic (exact) mass is 285 g/mol. The first-order valence-electron chi connectivity index (χ1n) is 5.65. The summed E-state index contributed by atoms with van der Waals surface area (Å²) in [5.41, 5.74) is 0.327. The van der Waals surface area contributed by atoms with Gasteiger partial charge in [0.2, 0.25) is 0 Å². The maximum Gasteiger partial charge on any atom is 0.389 e. The number of nitriles is 1. The van der Waals surface area contributed by atoms with Gasteiger partial charge in [-0.3, -0.25) is 0 Å². The Balaban J connectivity index is 4.93. The normalized spacial score (nSPS) is 14.2. The van der Waals surface area contributed by atoms with E-state index in [4.69, 9.17) is 11.7 Å². The molecule has 0 radical (unpaired) electrons. The lowest BCUT2D eigenvalue weighted by molar-refractivity contribution is -0.136. The van der Waals surface area contributed by atoms with Gasteiger partial charge in [0.1, 0.15) is 5.57 Å². The fourth-order valence-electron chi connectivity index (χ4n) is 1.32. The first-order chi connectivity index (χ1) is 9.25. The van der Waals surface area contributed by atoms with Crippen molar-refractivity contribution >= 4 is 5.97 Å². The Morgan fingerprint density at radius 1 is 1.45 bits per heavy atom. The molecule has 0 rings (SSSR count). The Kier molecular flexibility index (Phi) is 7.17. The van der Waals surface area contributed by atoms with Gasteiger partial charge in [0.15, 0.2) is 0 Å². The zero-order chi connectivity index (χ0) is 15.8. The van der Waals surface area contributed by atoms with Gasteiger partial charge in [0.25, 0.3) is 0 Å². The number of allylic oxidation sites excluding steroid dienone is 3. The van der Waals surface area contributed by atoms with E-state index in [1.54, 1.807) is 6.07 Å². The van der Waals surface area contributed by atoms with E-state index in [0.29, 0.717) is 5.57 Å². The van der Waals surface area contributed by atoms with Crippen LogP contribution in [0.4, 0.5) is 13.2 Å². The zero-order valence-corrected chi connectivity index (χ0v) is 11.1. The molecule has 6 heteroatoms. The molecule has 0 saturated heterocycles. The first kappa shape index (κ1) is 17.8. The van der Waals surface area contributed by atoms with Gasteiger partial charge in [-0.05, 0) is 19.4 Å². The highest BCUT2D eigenvalue weighted by Crippen LogP contribution is 2.26. The number of carbonyl (C=O) groups is 1. The molecule has 0 aliphatic heterocycles. The van der Waals surface area contributed by atoms with Crippen LogP contribution in [0.5, 0.6) is 0 Å². The van der Waals surface area contributed by atoms with Crippen LogP contribution >= 0.6 is 0 Å². The van der Waals surface area contributed by atoms with Crippen LogP contribution in [0.1, 0.15) is 19.8 Å². The van der Waals surface area contributed by atoms with E-state index in [-0.39, 0.29) is 12.0 Å². The number of terminal acetylenes is 1. The first-order valence-corrected chi connectivity index (χ1v) is 5.65. The summed E-state index contributed by atoms with van der Waals surface area (Å²) < 4.78 is 40.7. The van der Waals surface area contributed by atoms with Crippen molar-refractivity contribution in [3.8, 4) is 18.4 Å². The van der Waals surface area contributed by atoms with Gasteiger partial charge >= 0.3 is 12.1 Å². The summed E-state index contributed by atoms with van der Waals surface area (Å²) >= 11 is 0. The predicted molar refractivity (Wildman–Crippen MR) is 67.1 cm³/mol. The maximum atomic E-state index is 12.1. The molecule has 0 N–H and O–H groups in total. The molecule has 1 atom stereocenters. The molecular formula is C14H14F3NO2. The standard InChI is InChI=1S/C14H14F3NO2/c1-4-11(13(19)20-3)6-5-10(2)12(9-18)7-8-14(15,16)17/h1,5-6,12H,7-8H2,2-3H3/b10-5+,11-6+. The van der Waals surface area contributed by atoms with Crippen molar-refractivity contribution in [1.29, 1.82) is 5.26 Å². The maximum absolute atomic E-state index is 12.1. The van der Waals surface area contributed by atoms with Gasteiger partial charge in [-0.25, -0.2) is 4.79 Å². The number of halogens is 3. The molecule has 0 aliphatic rings.